The number of aryl methyl sites for hydroxylation is 1. The maximum absolute atomic E-state index is 11.8. The van der Waals surface area contributed by atoms with E-state index < -0.39 is 23.6 Å². The van der Waals surface area contributed by atoms with E-state index in [0.717, 1.165) is 0 Å². The highest BCUT2D eigenvalue weighted by molar-refractivity contribution is 5.75. The molecule has 0 atom stereocenters. The molecule has 124 valence electrons. The SMILES string of the molecule is Cc1nn(CC(=O)NCCOCC(F)(F)F)c(C)c1[N+](=O)[O-]. The Kier molecular flexibility index (Phi) is 5.85. The van der Waals surface area contributed by atoms with Crippen molar-refractivity contribution in [3.8, 4) is 0 Å². The van der Waals surface area contributed by atoms with E-state index >= 15 is 0 Å². The molecule has 0 saturated carbocycles. The maximum Gasteiger partial charge on any atom is 0.411 e. The van der Waals surface area contributed by atoms with E-state index in [0.29, 0.717) is 0 Å². The summed E-state index contributed by atoms with van der Waals surface area (Å²) in [5.74, 6) is -0.531. The van der Waals surface area contributed by atoms with E-state index in [-0.39, 0.29) is 36.8 Å². The van der Waals surface area contributed by atoms with Crippen LogP contribution in [0.4, 0.5) is 18.9 Å². The molecule has 1 aromatic heterocycles. The van der Waals surface area contributed by atoms with Crippen LogP contribution in [0.3, 0.4) is 0 Å². The first-order chi connectivity index (χ1) is 10.1. The van der Waals surface area contributed by atoms with Crippen molar-refractivity contribution < 1.29 is 27.6 Å². The molecule has 8 nitrogen and oxygen atoms in total. The van der Waals surface area contributed by atoms with Crippen LogP contribution in [-0.4, -0.2) is 46.5 Å². The quantitative estimate of drug-likeness (QED) is 0.460. The predicted molar refractivity (Wildman–Crippen MR) is 68.2 cm³/mol. The third-order valence-corrected chi connectivity index (χ3v) is 2.65. The minimum Gasteiger partial charge on any atom is -0.370 e. The zero-order valence-corrected chi connectivity index (χ0v) is 11.9. The number of alkyl halides is 3. The second-order valence-electron chi connectivity index (χ2n) is 4.45. The Morgan fingerprint density at radius 3 is 2.59 bits per heavy atom. The van der Waals surface area contributed by atoms with Gasteiger partial charge in [0.15, 0.2) is 0 Å². The van der Waals surface area contributed by atoms with Gasteiger partial charge in [-0.25, -0.2) is 0 Å². The van der Waals surface area contributed by atoms with Crippen LogP contribution in [0.1, 0.15) is 11.4 Å². The van der Waals surface area contributed by atoms with Gasteiger partial charge < -0.3 is 10.1 Å². The molecular formula is C11H15F3N4O4. The van der Waals surface area contributed by atoms with E-state index in [9.17, 15) is 28.1 Å². The molecule has 22 heavy (non-hydrogen) atoms. The van der Waals surface area contributed by atoms with Crippen molar-refractivity contribution in [2.75, 3.05) is 19.8 Å². The van der Waals surface area contributed by atoms with Crippen molar-refractivity contribution in [3.05, 3.63) is 21.5 Å². The Morgan fingerprint density at radius 2 is 2.09 bits per heavy atom. The molecule has 0 saturated heterocycles. The number of rotatable bonds is 7. The fraction of sp³-hybridized carbons (Fsp3) is 0.636. The molecule has 0 aliphatic heterocycles. The molecule has 0 aliphatic rings. The molecule has 1 rings (SSSR count). The summed E-state index contributed by atoms with van der Waals surface area (Å²) in [4.78, 5) is 21.8. The molecular weight excluding hydrogens is 309 g/mol. The van der Waals surface area contributed by atoms with E-state index in [1.54, 1.807) is 0 Å². The first-order valence-electron chi connectivity index (χ1n) is 6.21. The highest BCUT2D eigenvalue weighted by Crippen LogP contribution is 2.21. The minimum atomic E-state index is -4.41. The molecule has 0 bridgehead atoms. The number of hydrogen-bond donors (Lipinski definition) is 1. The lowest BCUT2D eigenvalue weighted by atomic mass is 10.3. The lowest BCUT2D eigenvalue weighted by Gasteiger charge is -2.09. The number of nitrogens with zero attached hydrogens (tertiary/aromatic N) is 3. The van der Waals surface area contributed by atoms with Gasteiger partial charge in [-0.05, 0) is 13.8 Å². The summed E-state index contributed by atoms with van der Waals surface area (Å²) in [7, 11) is 0. The third-order valence-electron chi connectivity index (χ3n) is 2.65. The lowest BCUT2D eigenvalue weighted by molar-refractivity contribution is -0.386. The molecule has 11 heteroatoms. The highest BCUT2D eigenvalue weighted by Gasteiger charge is 2.27. The van der Waals surface area contributed by atoms with E-state index in [1.165, 1.54) is 18.5 Å². The molecule has 0 spiro atoms. The van der Waals surface area contributed by atoms with Crippen LogP contribution in [0.15, 0.2) is 0 Å². The van der Waals surface area contributed by atoms with Crippen LogP contribution in [0.5, 0.6) is 0 Å². The smallest absolute Gasteiger partial charge is 0.370 e. The number of carbonyl (C=O) groups excluding carboxylic acids is 1. The van der Waals surface area contributed by atoms with Gasteiger partial charge in [-0.15, -0.1) is 0 Å². The number of amides is 1. The average molecular weight is 324 g/mol. The van der Waals surface area contributed by atoms with Gasteiger partial charge in [-0.3, -0.25) is 19.6 Å². The fourth-order valence-corrected chi connectivity index (χ4v) is 1.75. The van der Waals surface area contributed by atoms with Gasteiger partial charge in [-0.1, -0.05) is 0 Å². The topological polar surface area (TPSA) is 99.3 Å². The molecule has 0 radical (unpaired) electrons. The average Bonchev–Trinajstić information content (AvgIpc) is 2.62. The van der Waals surface area contributed by atoms with Gasteiger partial charge in [0.1, 0.15) is 24.5 Å². The van der Waals surface area contributed by atoms with Crippen molar-refractivity contribution in [1.82, 2.24) is 15.1 Å². The second kappa shape index (κ2) is 7.20. The number of aromatic nitrogens is 2. The molecule has 1 amide bonds. The van der Waals surface area contributed by atoms with E-state index in [2.05, 4.69) is 15.2 Å². The number of hydrogen-bond acceptors (Lipinski definition) is 5. The van der Waals surface area contributed by atoms with Gasteiger partial charge >= 0.3 is 11.9 Å². The first kappa shape index (κ1) is 17.9. The third kappa shape index (κ3) is 5.31. The zero-order chi connectivity index (χ0) is 16.9. The van der Waals surface area contributed by atoms with E-state index in [4.69, 9.17) is 0 Å². The standard InChI is InChI=1S/C11H15F3N4O4/c1-7-10(18(20)21)8(2)17(16-7)5-9(19)15-3-4-22-6-11(12,13)14/h3-6H2,1-2H3,(H,15,19). The summed E-state index contributed by atoms with van der Waals surface area (Å²) in [5.41, 5.74) is 0.246. The summed E-state index contributed by atoms with van der Waals surface area (Å²) in [6.45, 7) is 0.869. The van der Waals surface area contributed by atoms with Crippen molar-refractivity contribution in [3.63, 3.8) is 0 Å². The molecule has 1 aromatic rings. The van der Waals surface area contributed by atoms with Crippen LogP contribution >= 0.6 is 0 Å². The van der Waals surface area contributed by atoms with Crippen LogP contribution in [0, 0.1) is 24.0 Å². The molecule has 0 aliphatic carbocycles. The van der Waals surface area contributed by atoms with Crippen molar-refractivity contribution in [2.45, 2.75) is 26.6 Å². The summed E-state index contributed by atoms with van der Waals surface area (Å²) in [6.07, 6.45) is -4.41. The molecule has 0 unspecified atom stereocenters. The minimum absolute atomic E-state index is 0.101. The fourth-order valence-electron chi connectivity index (χ4n) is 1.75. The molecule has 1 N–H and O–H groups in total. The Labute approximate surface area is 123 Å². The summed E-state index contributed by atoms with van der Waals surface area (Å²) in [5, 5.41) is 17.0. The van der Waals surface area contributed by atoms with Crippen molar-refractivity contribution >= 4 is 11.6 Å². The predicted octanol–water partition coefficient (Wildman–Crippen LogP) is 1.10. The van der Waals surface area contributed by atoms with Gasteiger partial charge in [0.25, 0.3) is 0 Å². The summed E-state index contributed by atoms with van der Waals surface area (Å²) >= 11 is 0. The largest absolute Gasteiger partial charge is 0.411 e. The molecule has 1 heterocycles. The number of carbonyl (C=O) groups is 1. The van der Waals surface area contributed by atoms with Crippen molar-refractivity contribution in [2.24, 2.45) is 0 Å². The Balaban J connectivity index is 2.43. The monoisotopic (exact) mass is 324 g/mol. The zero-order valence-electron chi connectivity index (χ0n) is 11.9. The normalized spacial score (nSPS) is 11.5. The number of nitro groups is 1. The van der Waals surface area contributed by atoms with Crippen LogP contribution < -0.4 is 5.32 Å². The van der Waals surface area contributed by atoms with Crippen LogP contribution in [0.2, 0.25) is 0 Å². The van der Waals surface area contributed by atoms with Crippen LogP contribution in [0.25, 0.3) is 0 Å². The van der Waals surface area contributed by atoms with Gasteiger partial charge in [-0.2, -0.15) is 18.3 Å². The van der Waals surface area contributed by atoms with Gasteiger partial charge in [0.05, 0.1) is 11.5 Å². The molecule has 0 aromatic carbocycles. The number of halogens is 3. The Bertz CT molecular complexity index is 556. The Morgan fingerprint density at radius 1 is 1.45 bits per heavy atom. The van der Waals surface area contributed by atoms with Crippen molar-refractivity contribution in [1.29, 1.82) is 0 Å². The summed E-state index contributed by atoms with van der Waals surface area (Å²) < 4.78 is 40.9. The van der Waals surface area contributed by atoms with Gasteiger partial charge in [0.2, 0.25) is 5.91 Å². The maximum atomic E-state index is 11.8. The Hall–Kier alpha value is -2.17. The summed E-state index contributed by atoms with van der Waals surface area (Å²) in [6, 6.07) is 0. The number of nitrogens with one attached hydrogen (secondary N) is 1. The lowest BCUT2D eigenvalue weighted by Crippen LogP contribution is -2.32. The number of ether oxygens (including phenoxy) is 1. The first-order valence-corrected chi connectivity index (χ1v) is 6.21. The van der Waals surface area contributed by atoms with E-state index in [1.807, 2.05) is 0 Å². The van der Waals surface area contributed by atoms with Crippen LogP contribution in [-0.2, 0) is 16.1 Å². The van der Waals surface area contributed by atoms with Gasteiger partial charge in [0, 0.05) is 6.54 Å². The molecule has 0 fully saturated rings. The second-order valence-corrected chi connectivity index (χ2v) is 4.45. The highest BCUT2D eigenvalue weighted by atomic mass is 19.4.